The molecule has 1 amide bonds. The number of hydrogen-bond donors (Lipinski definition) is 1. The number of rotatable bonds is 5. The summed E-state index contributed by atoms with van der Waals surface area (Å²) in [5, 5.41) is 3.56. The van der Waals surface area contributed by atoms with Gasteiger partial charge in [0.2, 0.25) is 5.91 Å². The molecule has 0 aliphatic rings. The number of nitrogens with one attached hydrogen (secondary N) is 1. The third kappa shape index (κ3) is 3.60. The van der Waals surface area contributed by atoms with Gasteiger partial charge in [0.1, 0.15) is 10.8 Å². The predicted molar refractivity (Wildman–Crippen MR) is 95.7 cm³/mol. The number of benzene rings is 2. The number of thiazole rings is 1. The van der Waals surface area contributed by atoms with Crippen LogP contribution < -0.4 is 5.32 Å². The van der Waals surface area contributed by atoms with E-state index in [0.717, 1.165) is 15.2 Å². The Morgan fingerprint density at radius 3 is 2.71 bits per heavy atom. The molecule has 1 atom stereocenters. The van der Waals surface area contributed by atoms with E-state index in [1.54, 1.807) is 29.5 Å². The zero-order valence-electron chi connectivity index (χ0n) is 13.5. The Morgan fingerprint density at radius 2 is 1.96 bits per heavy atom. The summed E-state index contributed by atoms with van der Waals surface area (Å²) in [5.41, 5.74) is 1.16. The van der Waals surface area contributed by atoms with Gasteiger partial charge in [-0.25, -0.2) is 9.37 Å². The van der Waals surface area contributed by atoms with E-state index in [1.165, 1.54) is 6.07 Å². The molecule has 0 spiro atoms. The number of hydrogen-bond acceptors (Lipinski definition) is 4. The standard InChI is InChI=1S/C18H18FN3OS/c1-12(18-21-15-9-5-6-10-16(15)24-18)22(2)11-17(23)20-14-8-4-3-7-13(14)19/h3-10,12H,11H2,1-2H3,(H,20,23). The van der Waals surface area contributed by atoms with Crippen molar-refractivity contribution in [3.8, 4) is 0 Å². The molecule has 0 fully saturated rings. The summed E-state index contributed by atoms with van der Waals surface area (Å²) < 4.78 is 14.7. The molecule has 0 radical (unpaired) electrons. The van der Waals surface area contributed by atoms with E-state index in [9.17, 15) is 9.18 Å². The quantitative estimate of drug-likeness (QED) is 0.760. The number of amides is 1. The van der Waals surface area contributed by atoms with Crippen molar-refractivity contribution in [2.24, 2.45) is 0 Å². The highest BCUT2D eigenvalue weighted by Gasteiger charge is 2.19. The van der Waals surface area contributed by atoms with Gasteiger partial charge < -0.3 is 5.32 Å². The largest absolute Gasteiger partial charge is 0.322 e. The summed E-state index contributed by atoms with van der Waals surface area (Å²) in [6.45, 7) is 2.17. The van der Waals surface area contributed by atoms with E-state index in [4.69, 9.17) is 0 Å². The molecule has 0 saturated carbocycles. The van der Waals surface area contributed by atoms with Gasteiger partial charge in [-0.05, 0) is 38.2 Å². The van der Waals surface area contributed by atoms with Gasteiger partial charge in [-0.2, -0.15) is 0 Å². The lowest BCUT2D eigenvalue weighted by Gasteiger charge is -2.22. The second-order valence-electron chi connectivity index (χ2n) is 5.64. The van der Waals surface area contributed by atoms with Crippen LogP contribution in [0, 0.1) is 5.82 Å². The Morgan fingerprint density at radius 1 is 1.25 bits per heavy atom. The first kappa shape index (κ1) is 16.5. The molecular weight excluding hydrogens is 325 g/mol. The molecule has 1 aromatic heterocycles. The van der Waals surface area contributed by atoms with Crippen LogP contribution in [0.3, 0.4) is 0 Å². The molecule has 24 heavy (non-hydrogen) atoms. The highest BCUT2D eigenvalue weighted by atomic mass is 32.1. The van der Waals surface area contributed by atoms with Crippen molar-refractivity contribution >= 4 is 33.1 Å². The number of halogens is 1. The summed E-state index contributed by atoms with van der Waals surface area (Å²) in [6, 6.07) is 14.1. The average Bonchev–Trinajstić information content (AvgIpc) is 3.00. The minimum atomic E-state index is -0.437. The van der Waals surface area contributed by atoms with Crippen molar-refractivity contribution in [3.05, 3.63) is 59.4 Å². The molecule has 0 saturated heterocycles. The lowest BCUT2D eigenvalue weighted by atomic mass is 10.3. The summed E-state index contributed by atoms with van der Waals surface area (Å²) >= 11 is 1.62. The molecule has 0 bridgehead atoms. The number of anilines is 1. The zero-order valence-corrected chi connectivity index (χ0v) is 14.3. The van der Waals surface area contributed by atoms with Gasteiger partial charge in [-0.15, -0.1) is 11.3 Å². The third-order valence-corrected chi connectivity index (χ3v) is 5.08. The van der Waals surface area contributed by atoms with Crippen LogP contribution in [0.4, 0.5) is 10.1 Å². The molecule has 124 valence electrons. The number of para-hydroxylation sites is 2. The fourth-order valence-corrected chi connectivity index (χ4v) is 3.46. The molecule has 3 rings (SSSR count). The monoisotopic (exact) mass is 343 g/mol. The van der Waals surface area contributed by atoms with E-state index in [1.807, 2.05) is 43.1 Å². The fourth-order valence-electron chi connectivity index (χ4n) is 2.37. The summed E-state index contributed by atoms with van der Waals surface area (Å²) in [6.07, 6.45) is 0. The van der Waals surface area contributed by atoms with E-state index in [0.29, 0.717) is 0 Å². The minimum Gasteiger partial charge on any atom is -0.322 e. The topological polar surface area (TPSA) is 45.2 Å². The van der Waals surface area contributed by atoms with Crippen molar-refractivity contribution < 1.29 is 9.18 Å². The van der Waals surface area contributed by atoms with Crippen LogP contribution in [0.2, 0.25) is 0 Å². The van der Waals surface area contributed by atoms with Gasteiger partial charge in [0.05, 0.1) is 28.5 Å². The summed E-state index contributed by atoms with van der Waals surface area (Å²) in [7, 11) is 1.86. The smallest absolute Gasteiger partial charge is 0.238 e. The number of fused-ring (bicyclic) bond motifs is 1. The number of likely N-dealkylation sites (N-methyl/N-ethyl adjacent to an activating group) is 1. The third-order valence-electron chi connectivity index (χ3n) is 3.87. The van der Waals surface area contributed by atoms with Crippen molar-refractivity contribution in [2.75, 3.05) is 18.9 Å². The predicted octanol–water partition coefficient (Wildman–Crippen LogP) is 4.07. The van der Waals surface area contributed by atoms with Crippen molar-refractivity contribution in [1.82, 2.24) is 9.88 Å². The maximum Gasteiger partial charge on any atom is 0.238 e. The summed E-state index contributed by atoms with van der Waals surface area (Å²) in [4.78, 5) is 18.7. The van der Waals surface area contributed by atoms with Crippen LogP contribution >= 0.6 is 11.3 Å². The molecule has 3 aromatic rings. The first-order valence-electron chi connectivity index (χ1n) is 7.64. The maximum atomic E-state index is 13.6. The van der Waals surface area contributed by atoms with Crippen LogP contribution in [0.25, 0.3) is 10.2 Å². The highest BCUT2D eigenvalue weighted by Crippen LogP contribution is 2.28. The van der Waals surface area contributed by atoms with Crippen LogP contribution in [-0.4, -0.2) is 29.4 Å². The second-order valence-corrected chi connectivity index (χ2v) is 6.70. The minimum absolute atomic E-state index is 0.00577. The first-order valence-corrected chi connectivity index (χ1v) is 8.46. The molecule has 1 heterocycles. The lowest BCUT2D eigenvalue weighted by Crippen LogP contribution is -2.32. The molecule has 4 nitrogen and oxygen atoms in total. The number of carbonyl (C=O) groups excluding carboxylic acids is 1. The lowest BCUT2D eigenvalue weighted by molar-refractivity contribution is -0.117. The van der Waals surface area contributed by atoms with Crippen molar-refractivity contribution in [3.63, 3.8) is 0 Å². The van der Waals surface area contributed by atoms with Gasteiger partial charge >= 0.3 is 0 Å². The first-order chi connectivity index (χ1) is 11.5. The van der Waals surface area contributed by atoms with Crippen LogP contribution in [0.15, 0.2) is 48.5 Å². The Bertz CT molecular complexity index is 831. The Kier molecular flexibility index (Phi) is 4.87. The Hall–Kier alpha value is -2.31. The fraction of sp³-hybridized carbons (Fsp3) is 0.222. The Balaban J connectivity index is 1.66. The van der Waals surface area contributed by atoms with Gasteiger partial charge in [-0.1, -0.05) is 24.3 Å². The zero-order chi connectivity index (χ0) is 17.1. The summed E-state index contributed by atoms with van der Waals surface area (Å²) in [5.74, 6) is -0.691. The molecule has 6 heteroatoms. The average molecular weight is 343 g/mol. The van der Waals surface area contributed by atoms with Crippen LogP contribution in [0.5, 0.6) is 0 Å². The van der Waals surface area contributed by atoms with Crippen LogP contribution in [-0.2, 0) is 4.79 Å². The number of aromatic nitrogens is 1. The number of carbonyl (C=O) groups is 1. The van der Waals surface area contributed by atoms with Gasteiger partial charge in [0, 0.05) is 0 Å². The van der Waals surface area contributed by atoms with E-state index < -0.39 is 5.82 Å². The van der Waals surface area contributed by atoms with Gasteiger partial charge in [0.25, 0.3) is 0 Å². The highest BCUT2D eigenvalue weighted by molar-refractivity contribution is 7.18. The number of nitrogens with zero attached hydrogens (tertiary/aromatic N) is 2. The Labute approximate surface area is 143 Å². The van der Waals surface area contributed by atoms with E-state index in [-0.39, 0.29) is 24.2 Å². The second kappa shape index (κ2) is 7.07. The van der Waals surface area contributed by atoms with Crippen LogP contribution in [0.1, 0.15) is 18.0 Å². The van der Waals surface area contributed by atoms with E-state index >= 15 is 0 Å². The molecule has 1 unspecified atom stereocenters. The SMILES string of the molecule is CC(c1nc2ccccc2s1)N(C)CC(=O)Nc1ccccc1F. The molecular formula is C18H18FN3OS. The maximum absolute atomic E-state index is 13.6. The van der Waals surface area contributed by atoms with Gasteiger partial charge in [-0.3, -0.25) is 9.69 Å². The molecule has 2 aromatic carbocycles. The molecule has 1 N–H and O–H groups in total. The molecule has 0 aliphatic carbocycles. The van der Waals surface area contributed by atoms with Crippen molar-refractivity contribution in [1.29, 1.82) is 0 Å². The van der Waals surface area contributed by atoms with E-state index in [2.05, 4.69) is 10.3 Å². The normalized spacial score (nSPS) is 12.5. The van der Waals surface area contributed by atoms with Gasteiger partial charge in [0.15, 0.2) is 0 Å². The van der Waals surface area contributed by atoms with Crippen molar-refractivity contribution in [2.45, 2.75) is 13.0 Å². The molecule has 0 aliphatic heterocycles.